The van der Waals surface area contributed by atoms with Crippen molar-refractivity contribution in [1.82, 2.24) is 35.2 Å². The molecule has 1 amide bonds. The number of carbonyl (C=O) groups is 1. The SMILES string of the molecule is CC1(NC(=O)OC2CCC(c3cc(Nc4ncc(N5CCNCC5)c5nccn45)n[nH]3)C2)CC1. The minimum atomic E-state index is -0.294. The van der Waals surface area contributed by atoms with Gasteiger partial charge in [0.15, 0.2) is 11.5 Å². The van der Waals surface area contributed by atoms with Gasteiger partial charge in [0.25, 0.3) is 0 Å². The van der Waals surface area contributed by atoms with Crippen molar-refractivity contribution in [2.45, 2.75) is 56.6 Å². The summed E-state index contributed by atoms with van der Waals surface area (Å²) in [5, 5.41) is 17.3. The van der Waals surface area contributed by atoms with E-state index in [9.17, 15) is 4.79 Å². The smallest absolute Gasteiger partial charge is 0.407 e. The lowest BCUT2D eigenvalue weighted by Crippen LogP contribution is -2.43. The molecule has 4 heterocycles. The van der Waals surface area contributed by atoms with Gasteiger partial charge in [0.1, 0.15) is 6.10 Å². The van der Waals surface area contributed by atoms with Gasteiger partial charge in [-0.3, -0.25) is 9.50 Å². The van der Waals surface area contributed by atoms with Gasteiger partial charge in [-0.2, -0.15) is 5.10 Å². The van der Waals surface area contributed by atoms with Gasteiger partial charge in [-0.05, 0) is 39.0 Å². The van der Waals surface area contributed by atoms with E-state index in [0.717, 1.165) is 75.3 Å². The van der Waals surface area contributed by atoms with Crippen molar-refractivity contribution in [2.24, 2.45) is 0 Å². The Hall–Kier alpha value is -3.34. The number of carbonyl (C=O) groups excluding carboxylic acids is 1. The van der Waals surface area contributed by atoms with Crippen LogP contribution >= 0.6 is 0 Å². The van der Waals surface area contributed by atoms with E-state index in [1.807, 2.05) is 22.9 Å². The minimum absolute atomic E-state index is 0.0585. The number of nitrogens with one attached hydrogen (secondary N) is 4. The maximum absolute atomic E-state index is 12.1. The average molecular weight is 466 g/mol. The van der Waals surface area contributed by atoms with Crippen molar-refractivity contribution in [2.75, 3.05) is 36.4 Å². The molecule has 3 aromatic heterocycles. The van der Waals surface area contributed by atoms with E-state index in [-0.39, 0.29) is 23.7 Å². The van der Waals surface area contributed by atoms with Crippen LogP contribution in [0.4, 0.5) is 22.2 Å². The predicted octanol–water partition coefficient (Wildman–Crippen LogP) is 2.52. The number of fused-ring (bicyclic) bond motifs is 1. The van der Waals surface area contributed by atoms with Crippen molar-refractivity contribution in [3.63, 3.8) is 0 Å². The summed E-state index contributed by atoms with van der Waals surface area (Å²) in [6, 6.07) is 2.02. The lowest BCUT2D eigenvalue weighted by atomic mass is 10.0. The molecule has 2 atom stereocenters. The number of hydrogen-bond acceptors (Lipinski definition) is 8. The van der Waals surface area contributed by atoms with E-state index in [0.29, 0.717) is 11.8 Å². The predicted molar refractivity (Wildman–Crippen MR) is 128 cm³/mol. The first-order chi connectivity index (χ1) is 16.6. The van der Waals surface area contributed by atoms with Gasteiger partial charge in [-0.25, -0.2) is 14.8 Å². The Balaban J connectivity index is 1.11. The molecule has 0 aromatic carbocycles. The third kappa shape index (κ3) is 4.27. The Bertz CT molecular complexity index is 1180. The maximum atomic E-state index is 12.1. The van der Waals surface area contributed by atoms with E-state index in [4.69, 9.17) is 4.74 Å². The number of ether oxygens (including phenoxy) is 1. The second-order valence-corrected chi connectivity index (χ2v) is 9.88. The van der Waals surface area contributed by atoms with Crippen molar-refractivity contribution in [3.8, 4) is 0 Å². The molecule has 1 aliphatic heterocycles. The fourth-order valence-corrected chi connectivity index (χ4v) is 4.92. The third-order valence-corrected chi connectivity index (χ3v) is 7.20. The molecule has 11 heteroatoms. The summed E-state index contributed by atoms with van der Waals surface area (Å²) in [7, 11) is 0. The molecule has 3 aromatic rings. The molecule has 2 aliphatic carbocycles. The molecule has 34 heavy (non-hydrogen) atoms. The number of nitrogens with zero attached hydrogens (tertiary/aromatic N) is 5. The molecule has 4 N–H and O–H groups in total. The van der Waals surface area contributed by atoms with Gasteiger partial charge in [0.2, 0.25) is 5.95 Å². The number of alkyl carbamates (subject to hydrolysis) is 1. The van der Waals surface area contributed by atoms with Gasteiger partial charge in [-0.1, -0.05) is 0 Å². The molecule has 2 saturated carbocycles. The Labute approximate surface area is 197 Å². The van der Waals surface area contributed by atoms with Gasteiger partial charge in [-0.15, -0.1) is 0 Å². The van der Waals surface area contributed by atoms with Crippen LogP contribution < -0.4 is 20.9 Å². The lowest BCUT2D eigenvalue weighted by molar-refractivity contribution is 0.0967. The van der Waals surface area contributed by atoms with E-state index in [2.05, 4.69) is 47.9 Å². The highest BCUT2D eigenvalue weighted by molar-refractivity contribution is 5.71. The standard InChI is InChI=1S/C23H31N9O2/c1-23(4-5-23)28-22(33)34-16-3-2-15(12-16)17-13-19(30-29-17)27-21-26-14-18(20-25-8-11-32(20)21)31-9-6-24-7-10-31/h8,11,13-16,24H,2-7,9-10,12H2,1H3,(H,28,33)(H2,26,27,29,30). The zero-order valence-corrected chi connectivity index (χ0v) is 19.4. The van der Waals surface area contributed by atoms with Crippen molar-refractivity contribution in [1.29, 1.82) is 0 Å². The van der Waals surface area contributed by atoms with Crippen molar-refractivity contribution < 1.29 is 9.53 Å². The first-order valence-electron chi connectivity index (χ1n) is 12.2. The lowest BCUT2D eigenvalue weighted by Gasteiger charge is -2.29. The minimum Gasteiger partial charge on any atom is -0.446 e. The van der Waals surface area contributed by atoms with E-state index < -0.39 is 0 Å². The van der Waals surface area contributed by atoms with Crippen LogP contribution in [0.25, 0.3) is 5.65 Å². The molecule has 0 bridgehead atoms. The van der Waals surface area contributed by atoms with Crippen molar-refractivity contribution >= 4 is 29.2 Å². The zero-order valence-electron chi connectivity index (χ0n) is 19.4. The summed E-state index contributed by atoms with van der Waals surface area (Å²) in [5.74, 6) is 1.66. The number of aromatic nitrogens is 5. The molecular weight excluding hydrogens is 434 g/mol. The van der Waals surface area contributed by atoms with Crippen LogP contribution in [0.5, 0.6) is 0 Å². The summed E-state index contributed by atoms with van der Waals surface area (Å²) < 4.78 is 7.62. The molecule has 180 valence electrons. The topological polar surface area (TPSA) is 124 Å². The molecule has 3 fully saturated rings. The Morgan fingerprint density at radius 2 is 2.09 bits per heavy atom. The van der Waals surface area contributed by atoms with Gasteiger partial charge >= 0.3 is 6.09 Å². The number of hydrogen-bond donors (Lipinski definition) is 4. The third-order valence-electron chi connectivity index (χ3n) is 7.20. The quantitative estimate of drug-likeness (QED) is 0.438. The zero-order chi connectivity index (χ0) is 23.1. The largest absolute Gasteiger partial charge is 0.446 e. The number of aromatic amines is 1. The molecule has 0 radical (unpaired) electrons. The number of piperazine rings is 1. The highest BCUT2D eigenvalue weighted by atomic mass is 16.6. The average Bonchev–Trinajstić information content (AvgIpc) is 3.29. The molecule has 0 spiro atoms. The maximum Gasteiger partial charge on any atom is 0.407 e. The second-order valence-electron chi connectivity index (χ2n) is 9.88. The van der Waals surface area contributed by atoms with Gasteiger partial charge < -0.3 is 25.6 Å². The number of rotatable bonds is 6. The van der Waals surface area contributed by atoms with Crippen LogP contribution in [-0.4, -0.2) is 68.5 Å². The Morgan fingerprint density at radius 3 is 2.91 bits per heavy atom. The Kier molecular flexibility index (Phi) is 5.28. The first-order valence-corrected chi connectivity index (χ1v) is 12.2. The normalized spacial score (nSPS) is 23.7. The number of H-pyrrole nitrogens is 1. The van der Waals surface area contributed by atoms with Crippen LogP contribution in [0, 0.1) is 0 Å². The summed E-state index contributed by atoms with van der Waals surface area (Å²) in [6.07, 6.45) is 9.91. The fourth-order valence-electron chi connectivity index (χ4n) is 4.92. The molecular formula is C23H31N9O2. The summed E-state index contributed by atoms with van der Waals surface area (Å²) in [4.78, 5) is 23.7. The molecule has 6 rings (SSSR count). The molecule has 11 nitrogen and oxygen atoms in total. The number of imidazole rings is 1. The van der Waals surface area contributed by atoms with Crippen LogP contribution in [0.2, 0.25) is 0 Å². The van der Waals surface area contributed by atoms with E-state index in [1.165, 1.54) is 0 Å². The van der Waals surface area contributed by atoms with Crippen LogP contribution in [0.3, 0.4) is 0 Å². The first kappa shape index (κ1) is 21.2. The highest BCUT2D eigenvalue weighted by Crippen LogP contribution is 2.37. The molecule has 2 unspecified atom stereocenters. The van der Waals surface area contributed by atoms with E-state index >= 15 is 0 Å². The van der Waals surface area contributed by atoms with Crippen LogP contribution in [-0.2, 0) is 4.74 Å². The molecule has 3 aliphatic rings. The summed E-state index contributed by atoms with van der Waals surface area (Å²) >= 11 is 0. The summed E-state index contributed by atoms with van der Waals surface area (Å²) in [6.45, 7) is 5.84. The van der Waals surface area contributed by atoms with Crippen LogP contribution in [0.15, 0.2) is 24.7 Å². The van der Waals surface area contributed by atoms with E-state index in [1.54, 1.807) is 6.20 Å². The fraction of sp³-hybridized carbons (Fsp3) is 0.565. The van der Waals surface area contributed by atoms with Crippen LogP contribution in [0.1, 0.15) is 50.6 Å². The van der Waals surface area contributed by atoms with Crippen molar-refractivity contribution in [3.05, 3.63) is 30.4 Å². The number of amides is 1. The Morgan fingerprint density at radius 1 is 1.24 bits per heavy atom. The molecule has 1 saturated heterocycles. The van der Waals surface area contributed by atoms with Gasteiger partial charge in [0.05, 0.1) is 11.9 Å². The number of anilines is 3. The second kappa shape index (κ2) is 8.46. The van der Waals surface area contributed by atoms with Gasteiger partial charge in [0, 0.05) is 61.8 Å². The summed E-state index contributed by atoms with van der Waals surface area (Å²) in [5.41, 5.74) is 2.90. The monoisotopic (exact) mass is 465 g/mol. The highest BCUT2D eigenvalue weighted by Gasteiger charge is 2.40.